The molecule has 0 saturated carbocycles. The second-order valence-electron chi connectivity index (χ2n) is 4.07. The number of sulfonamides is 1. The second-order valence-corrected chi connectivity index (χ2v) is 6.01. The molecule has 0 fully saturated rings. The van der Waals surface area contributed by atoms with Crippen LogP contribution in [0.15, 0.2) is 35.2 Å². The lowest BCUT2D eigenvalue weighted by molar-refractivity contribution is -0.297. The summed E-state index contributed by atoms with van der Waals surface area (Å²) in [6.45, 7) is -0.943. The van der Waals surface area contributed by atoms with Crippen molar-refractivity contribution in [2.24, 2.45) is 0 Å². The van der Waals surface area contributed by atoms with Gasteiger partial charge in [-0.15, -0.1) is 0 Å². The molecule has 0 unspecified atom stereocenters. The third kappa shape index (κ3) is 4.94. The highest BCUT2D eigenvalue weighted by atomic mass is 32.2. The lowest BCUT2D eigenvalue weighted by Gasteiger charge is -2.20. The van der Waals surface area contributed by atoms with Crippen LogP contribution in [0.1, 0.15) is 5.56 Å². The third-order valence-corrected chi connectivity index (χ3v) is 4.54. The van der Waals surface area contributed by atoms with Crippen molar-refractivity contribution < 1.29 is 28.5 Å². The third-order valence-electron chi connectivity index (χ3n) is 2.63. The summed E-state index contributed by atoms with van der Waals surface area (Å²) < 4.78 is 25.5. The fourth-order valence-electron chi connectivity index (χ4n) is 1.64. The summed E-state index contributed by atoms with van der Waals surface area (Å²) in [5.41, 5.74) is 0.508. The quantitative estimate of drug-likeness (QED) is 0.559. The number of aliphatic carboxylic acids is 1. The zero-order valence-electron chi connectivity index (χ0n) is 11.2. The van der Waals surface area contributed by atoms with Gasteiger partial charge in [-0.2, -0.15) is 4.31 Å². The molecule has 0 bridgehead atoms. The maximum Gasteiger partial charge on any atom is 0.243 e. The molecule has 1 aromatic carbocycles. The standard InChI is InChI=1S/C13H17NO6S/c15-9-7-14(8-10-16)21(19,20)12-4-1-11(2-5-12)3-6-13(17)18/h1-6,15-16H,7-10H2,(H,17,18)/p-1/b6-3+. The number of hydrogen-bond acceptors (Lipinski definition) is 6. The van der Waals surface area contributed by atoms with Gasteiger partial charge < -0.3 is 20.1 Å². The Balaban J connectivity index is 3.00. The molecule has 0 spiro atoms. The van der Waals surface area contributed by atoms with Gasteiger partial charge in [0.15, 0.2) is 0 Å². The molecule has 0 aliphatic heterocycles. The average molecular weight is 314 g/mol. The van der Waals surface area contributed by atoms with E-state index in [9.17, 15) is 18.3 Å². The van der Waals surface area contributed by atoms with E-state index in [0.29, 0.717) is 5.56 Å². The van der Waals surface area contributed by atoms with Gasteiger partial charge in [0.2, 0.25) is 10.0 Å². The van der Waals surface area contributed by atoms with Crippen molar-refractivity contribution in [1.29, 1.82) is 0 Å². The van der Waals surface area contributed by atoms with Gasteiger partial charge in [-0.1, -0.05) is 18.2 Å². The summed E-state index contributed by atoms with van der Waals surface area (Å²) in [4.78, 5) is 10.3. The molecule has 0 aliphatic rings. The highest BCUT2D eigenvalue weighted by Gasteiger charge is 2.23. The molecule has 21 heavy (non-hydrogen) atoms. The Labute approximate surface area is 122 Å². The van der Waals surface area contributed by atoms with Crippen LogP contribution in [0.4, 0.5) is 0 Å². The molecule has 1 rings (SSSR count). The van der Waals surface area contributed by atoms with Gasteiger partial charge in [0, 0.05) is 13.1 Å². The fourth-order valence-corrected chi connectivity index (χ4v) is 3.06. The highest BCUT2D eigenvalue weighted by Crippen LogP contribution is 2.16. The van der Waals surface area contributed by atoms with Gasteiger partial charge in [0.05, 0.1) is 24.1 Å². The highest BCUT2D eigenvalue weighted by molar-refractivity contribution is 7.89. The fraction of sp³-hybridized carbons (Fsp3) is 0.308. The normalized spacial score (nSPS) is 12.1. The van der Waals surface area contributed by atoms with Gasteiger partial charge in [0.1, 0.15) is 0 Å². The van der Waals surface area contributed by atoms with E-state index in [1.807, 2.05) is 0 Å². The van der Waals surface area contributed by atoms with E-state index in [0.717, 1.165) is 10.4 Å². The average Bonchev–Trinajstić information content (AvgIpc) is 2.45. The molecule has 0 aliphatic carbocycles. The van der Waals surface area contributed by atoms with Crippen molar-refractivity contribution in [3.63, 3.8) is 0 Å². The largest absolute Gasteiger partial charge is 0.545 e. The first-order valence-corrected chi connectivity index (χ1v) is 7.57. The van der Waals surface area contributed by atoms with E-state index in [1.54, 1.807) is 0 Å². The minimum absolute atomic E-state index is 0.00463. The van der Waals surface area contributed by atoms with Crippen molar-refractivity contribution in [3.8, 4) is 0 Å². The van der Waals surface area contributed by atoms with Gasteiger partial charge in [-0.05, 0) is 23.8 Å². The smallest absolute Gasteiger partial charge is 0.243 e. The molecule has 116 valence electrons. The van der Waals surface area contributed by atoms with Crippen LogP contribution in [0.25, 0.3) is 6.08 Å². The number of carbonyl (C=O) groups excluding carboxylic acids is 1. The Morgan fingerprint density at radius 2 is 1.67 bits per heavy atom. The molecule has 0 aromatic heterocycles. The molecule has 7 nitrogen and oxygen atoms in total. The predicted octanol–water partition coefficient (Wildman–Crippen LogP) is -1.57. The maximum absolute atomic E-state index is 12.3. The Morgan fingerprint density at radius 3 is 2.10 bits per heavy atom. The lowest BCUT2D eigenvalue weighted by atomic mass is 10.2. The molecule has 0 saturated heterocycles. The summed E-state index contributed by atoms with van der Waals surface area (Å²) in [6.07, 6.45) is 2.12. The van der Waals surface area contributed by atoms with Crippen molar-refractivity contribution in [3.05, 3.63) is 35.9 Å². The number of carboxylic acid groups (broad SMARTS) is 1. The Bertz CT molecular complexity index is 588. The number of rotatable bonds is 8. The van der Waals surface area contributed by atoms with Crippen LogP contribution in [0, 0.1) is 0 Å². The molecule has 0 radical (unpaired) electrons. The summed E-state index contributed by atoms with van der Waals surface area (Å²) in [6, 6.07) is 5.54. The summed E-state index contributed by atoms with van der Waals surface area (Å²) in [5.74, 6) is -1.34. The van der Waals surface area contributed by atoms with Gasteiger partial charge in [0.25, 0.3) is 0 Å². The molecular weight excluding hydrogens is 298 g/mol. The van der Waals surface area contributed by atoms with Crippen LogP contribution in [0.5, 0.6) is 0 Å². The van der Waals surface area contributed by atoms with E-state index < -0.39 is 16.0 Å². The number of carboxylic acids is 1. The molecule has 0 atom stereocenters. The number of hydrogen-bond donors (Lipinski definition) is 2. The van der Waals surface area contributed by atoms with E-state index in [1.165, 1.54) is 30.3 Å². The van der Waals surface area contributed by atoms with Gasteiger partial charge in [-0.25, -0.2) is 8.42 Å². The minimum Gasteiger partial charge on any atom is -0.545 e. The monoisotopic (exact) mass is 314 g/mol. The zero-order valence-corrected chi connectivity index (χ0v) is 12.0. The first-order valence-electron chi connectivity index (χ1n) is 6.13. The number of aliphatic hydroxyl groups excluding tert-OH is 2. The van der Waals surface area contributed by atoms with Crippen LogP contribution in [0.2, 0.25) is 0 Å². The molecule has 1 aromatic rings. The van der Waals surface area contributed by atoms with Gasteiger partial charge in [-0.3, -0.25) is 0 Å². The molecule has 8 heteroatoms. The van der Waals surface area contributed by atoms with Crippen LogP contribution < -0.4 is 5.11 Å². The number of nitrogens with zero attached hydrogens (tertiary/aromatic N) is 1. The van der Waals surface area contributed by atoms with Gasteiger partial charge >= 0.3 is 0 Å². The second kappa shape index (κ2) is 7.89. The lowest BCUT2D eigenvalue weighted by Crippen LogP contribution is -2.35. The van der Waals surface area contributed by atoms with Crippen LogP contribution in [-0.4, -0.2) is 55.2 Å². The molecular formula is C13H16NO6S-. The van der Waals surface area contributed by atoms with E-state index >= 15 is 0 Å². The first-order chi connectivity index (χ1) is 9.91. The van der Waals surface area contributed by atoms with Crippen molar-refractivity contribution >= 4 is 22.1 Å². The summed E-state index contributed by atoms with van der Waals surface area (Å²) in [7, 11) is -3.81. The summed E-state index contributed by atoms with van der Waals surface area (Å²) in [5, 5.41) is 28.0. The number of benzene rings is 1. The molecule has 2 N–H and O–H groups in total. The molecule has 0 amide bonds. The first kappa shape index (κ1) is 17.3. The number of aliphatic hydroxyl groups is 2. The summed E-state index contributed by atoms with van der Waals surface area (Å²) >= 11 is 0. The SMILES string of the molecule is O=C([O-])/C=C/c1ccc(S(=O)(=O)N(CCO)CCO)cc1. The van der Waals surface area contributed by atoms with E-state index in [4.69, 9.17) is 10.2 Å². The van der Waals surface area contributed by atoms with E-state index in [2.05, 4.69) is 0 Å². The minimum atomic E-state index is -3.81. The predicted molar refractivity (Wildman–Crippen MR) is 73.4 cm³/mol. The van der Waals surface area contributed by atoms with E-state index in [-0.39, 0.29) is 31.2 Å². The van der Waals surface area contributed by atoms with Crippen LogP contribution in [-0.2, 0) is 14.8 Å². The Morgan fingerprint density at radius 1 is 1.14 bits per heavy atom. The van der Waals surface area contributed by atoms with Crippen molar-refractivity contribution in [1.82, 2.24) is 4.31 Å². The zero-order chi connectivity index (χ0) is 15.9. The van der Waals surface area contributed by atoms with Crippen LogP contribution >= 0.6 is 0 Å². The molecule has 0 heterocycles. The van der Waals surface area contributed by atoms with Crippen LogP contribution in [0.3, 0.4) is 0 Å². The topological polar surface area (TPSA) is 118 Å². The Hall–Kier alpha value is -1.74. The Kier molecular flexibility index (Phi) is 6.50. The van der Waals surface area contributed by atoms with Crippen molar-refractivity contribution in [2.45, 2.75) is 4.90 Å². The van der Waals surface area contributed by atoms with Crippen molar-refractivity contribution in [2.75, 3.05) is 26.3 Å². The number of carbonyl (C=O) groups is 1. The maximum atomic E-state index is 12.3.